The van der Waals surface area contributed by atoms with Crippen LogP contribution in [-0.2, 0) is 4.79 Å². The molecule has 0 radical (unpaired) electrons. The van der Waals surface area contributed by atoms with Crippen molar-refractivity contribution in [3.8, 4) is 0 Å². The van der Waals surface area contributed by atoms with Crippen molar-refractivity contribution in [1.82, 2.24) is 0 Å². The first-order valence-electron chi connectivity index (χ1n) is 4.41. The van der Waals surface area contributed by atoms with Crippen molar-refractivity contribution < 1.29 is 4.79 Å². The smallest absolute Gasteiger partial charge is 0.226 e. The van der Waals surface area contributed by atoms with Gasteiger partial charge in [0.2, 0.25) is 5.91 Å². The lowest BCUT2D eigenvalue weighted by Gasteiger charge is -2.10. The Bertz CT molecular complexity index is 335. The van der Waals surface area contributed by atoms with Gasteiger partial charge in [0.15, 0.2) is 0 Å². The van der Waals surface area contributed by atoms with Gasteiger partial charge in [-0.1, -0.05) is 12.1 Å². The summed E-state index contributed by atoms with van der Waals surface area (Å²) in [5.74, 6) is 0.0740. The lowest BCUT2D eigenvalue weighted by atomic mass is 10.2. The zero-order valence-electron chi connectivity index (χ0n) is 7.50. The average molecular weight is 176 g/mol. The summed E-state index contributed by atoms with van der Waals surface area (Å²) < 4.78 is 0. The van der Waals surface area contributed by atoms with Crippen LogP contribution in [0, 0.1) is 0 Å². The highest BCUT2D eigenvalue weighted by Gasteiger charge is 2.15. The van der Waals surface area contributed by atoms with E-state index in [2.05, 4.69) is 10.6 Å². The second-order valence-electron chi connectivity index (χ2n) is 3.34. The molecular formula is C10H12N2O. The standard InChI is InChI=1S/C10H12N2O/c1-7-6-10(13)12-9-5-3-2-4-8(9)11-7/h2-5,7,11H,6H2,1H3,(H,12,13)/t7-/m1/s1. The summed E-state index contributed by atoms with van der Waals surface area (Å²) in [5, 5.41) is 6.12. The van der Waals surface area contributed by atoms with Crippen molar-refractivity contribution in [1.29, 1.82) is 0 Å². The molecule has 1 atom stereocenters. The molecule has 3 heteroatoms. The maximum absolute atomic E-state index is 11.3. The van der Waals surface area contributed by atoms with Gasteiger partial charge in [0.05, 0.1) is 11.4 Å². The first-order valence-corrected chi connectivity index (χ1v) is 4.41. The molecule has 0 unspecified atom stereocenters. The minimum absolute atomic E-state index is 0.0740. The Morgan fingerprint density at radius 2 is 2.00 bits per heavy atom. The van der Waals surface area contributed by atoms with Gasteiger partial charge >= 0.3 is 0 Å². The van der Waals surface area contributed by atoms with Crippen LogP contribution in [0.4, 0.5) is 11.4 Å². The maximum Gasteiger partial charge on any atom is 0.226 e. The van der Waals surface area contributed by atoms with Crippen LogP contribution in [0.5, 0.6) is 0 Å². The summed E-state index contributed by atoms with van der Waals surface area (Å²) in [7, 11) is 0. The predicted octanol–water partition coefficient (Wildman–Crippen LogP) is 1.83. The molecule has 0 bridgehead atoms. The van der Waals surface area contributed by atoms with Crippen LogP contribution in [0.3, 0.4) is 0 Å². The van der Waals surface area contributed by atoms with Crippen LogP contribution < -0.4 is 10.6 Å². The van der Waals surface area contributed by atoms with E-state index < -0.39 is 0 Å². The Morgan fingerprint density at radius 3 is 2.77 bits per heavy atom. The van der Waals surface area contributed by atoms with Gasteiger partial charge in [0.1, 0.15) is 0 Å². The van der Waals surface area contributed by atoms with Crippen LogP contribution in [0.1, 0.15) is 13.3 Å². The first kappa shape index (κ1) is 8.10. The van der Waals surface area contributed by atoms with Crippen molar-refractivity contribution in [2.75, 3.05) is 10.6 Å². The molecule has 1 aromatic rings. The molecule has 0 saturated carbocycles. The van der Waals surface area contributed by atoms with Crippen LogP contribution in [0.2, 0.25) is 0 Å². The topological polar surface area (TPSA) is 41.1 Å². The second-order valence-corrected chi connectivity index (χ2v) is 3.34. The minimum Gasteiger partial charge on any atom is -0.380 e. The largest absolute Gasteiger partial charge is 0.380 e. The number of benzene rings is 1. The minimum atomic E-state index is 0.0740. The van der Waals surface area contributed by atoms with Crippen molar-refractivity contribution in [3.63, 3.8) is 0 Å². The van der Waals surface area contributed by atoms with E-state index in [1.54, 1.807) is 0 Å². The van der Waals surface area contributed by atoms with Gasteiger partial charge in [-0.15, -0.1) is 0 Å². The van der Waals surface area contributed by atoms with Gasteiger partial charge < -0.3 is 10.6 Å². The molecule has 1 aliphatic heterocycles. The highest BCUT2D eigenvalue weighted by molar-refractivity contribution is 5.96. The number of carbonyl (C=O) groups is 1. The van der Waals surface area contributed by atoms with Crippen LogP contribution in [0.25, 0.3) is 0 Å². The van der Waals surface area contributed by atoms with E-state index in [4.69, 9.17) is 0 Å². The molecule has 0 aromatic heterocycles. The Hall–Kier alpha value is -1.51. The van der Waals surface area contributed by atoms with Gasteiger partial charge in [-0.3, -0.25) is 4.79 Å². The second kappa shape index (κ2) is 3.09. The molecule has 1 aromatic carbocycles. The number of amides is 1. The number of carbonyl (C=O) groups excluding carboxylic acids is 1. The summed E-state index contributed by atoms with van der Waals surface area (Å²) in [4.78, 5) is 11.3. The monoisotopic (exact) mass is 176 g/mol. The van der Waals surface area contributed by atoms with Gasteiger partial charge in [0, 0.05) is 12.5 Å². The number of nitrogens with one attached hydrogen (secondary N) is 2. The number of rotatable bonds is 0. The van der Waals surface area contributed by atoms with E-state index in [1.807, 2.05) is 31.2 Å². The molecule has 1 aliphatic rings. The van der Waals surface area contributed by atoms with Gasteiger partial charge in [0.25, 0.3) is 0 Å². The molecule has 13 heavy (non-hydrogen) atoms. The Kier molecular flexibility index (Phi) is 1.93. The fraction of sp³-hybridized carbons (Fsp3) is 0.300. The Balaban J connectivity index is 2.38. The molecule has 1 amide bonds. The lowest BCUT2D eigenvalue weighted by Crippen LogP contribution is -2.18. The average Bonchev–Trinajstić information content (AvgIpc) is 2.20. The van der Waals surface area contributed by atoms with Crippen molar-refractivity contribution in [2.24, 2.45) is 0 Å². The van der Waals surface area contributed by atoms with Crippen molar-refractivity contribution in [3.05, 3.63) is 24.3 Å². The molecule has 2 N–H and O–H groups in total. The molecule has 0 spiro atoms. The summed E-state index contributed by atoms with van der Waals surface area (Å²) in [6.45, 7) is 2.00. The van der Waals surface area contributed by atoms with E-state index in [0.717, 1.165) is 11.4 Å². The lowest BCUT2D eigenvalue weighted by molar-refractivity contribution is -0.116. The van der Waals surface area contributed by atoms with Gasteiger partial charge in [-0.2, -0.15) is 0 Å². The summed E-state index contributed by atoms with van der Waals surface area (Å²) >= 11 is 0. The van der Waals surface area contributed by atoms with Gasteiger partial charge in [-0.25, -0.2) is 0 Å². The van der Waals surface area contributed by atoms with E-state index in [9.17, 15) is 4.79 Å². The number of hydrogen-bond acceptors (Lipinski definition) is 2. The third-order valence-electron chi connectivity index (χ3n) is 2.09. The quantitative estimate of drug-likeness (QED) is 0.633. The van der Waals surface area contributed by atoms with E-state index >= 15 is 0 Å². The van der Waals surface area contributed by atoms with Crippen LogP contribution >= 0.6 is 0 Å². The molecule has 0 saturated heterocycles. The third kappa shape index (κ3) is 1.64. The van der Waals surface area contributed by atoms with E-state index in [-0.39, 0.29) is 11.9 Å². The SMILES string of the molecule is C[C@@H]1CC(=O)Nc2ccccc2N1. The zero-order chi connectivity index (χ0) is 9.26. The maximum atomic E-state index is 11.3. The van der Waals surface area contributed by atoms with Crippen LogP contribution in [0.15, 0.2) is 24.3 Å². The summed E-state index contributed by atoms with van der Waals surface area (Å²) in [6.07, 6.45) is 0.522. The summed E-state index contributed by atoms with van der Waals surface area (Å²) in [6, 6.07) is 7.94. The molecule has 1 heterocycles. The first-order chi connectivity index (χ1) is 6.25. The third-order valence-corrected chi connectivity index (χ3v) is 2.09. The van der Waals surface area contributed by atoms with E-state index in [0.29, 0.717) is 6.42 Å². The molecule has 0 fully saturated rings. The fourth-order valence-corrected chi connectivity index (χ4v) is 1.51. The van der Waals surface area contributed by atoms with Crippen LogP contribution in [-0.4, -0.2) is 11.9 Å². The van der Waals surface area contributed by atoms with Crippen molar-refractivity contribution in [2.45, 2.75) is 19.4 Å². The van der Waals surface area contributed by atoms with Gasteiger partial charge in [-0.05, 0) is 19.1 Å². The molecular weight excluding hydrogens is 164 g/mol. The number of para-hydroxylation sites is 2. The predicted molar refractivity (Wildman–Crippen MR) is 52.8 cm³/mol. The molecule has 2 rings (SSSR count). The number of fused-ring (bicyclic) bond motifs is 1. The highest BCUT2D eigenvalue weighted by Crippen LogP contribution is 2.24. The normalized spacial score (nSPS) is 21.0. The summed E-state index contributed by atoms with van der Waals surface area (Å²) in [5.41, 5.74) is 1.87. The molecule has 3 nitrogen and oxygen atoms in total. The molecule has 0 aliphatic carbocycles. The molecule has 68 valence electrons. The number of anilines is 2. The Morgan fingerprint density at radius 1 is 1.31 bits per heavy atom. The van der Waals surface area contributed by atoms with Crippen molar-refractivity contribution >= 4 is 17.3 Å². The number of hydrogen-bond donors (Lipinski definition) is 2. The van der Waals surface area contributed by atoms with E-state index in [1.165, 1.54) is 0 Å². The Labute approximate surface area is 77.1 Å². The fourth-order valence-electron chi connectivity index (χ4n) is 1.51. The highest BCUT2D eigenvalue weighted by atomic mass is 16.1. The zero-order valence-corrected chi connectivity index (χ0v) is 7.50.